The molecule has 35 heavy (non-hydrogen) atoms. The van der Waals surface area contributed by atoms with Gasteiger partial charge in [-0.2, -0.15) is 0 Å². The molecule has 2 amide bonds. The minimum absolute atomic E-state index is 0.0638. The second-order valence-corrected chi connectivity index (χ2v) is 7.53. The highest BCUT2D eigenvalue weighted by molar-refractivity contribution is 5.97. The van der Waals surface area contributed by atoms with Gasteiger partial charge in [-0.3, -0.25) is 20.1 Å². The Labute approximate surface area is 200 Å². The maximum atomic E-state index is 12.9. The number of benzene rings is 1. The molecule has 0 saturated carbocycles. The summed E-state index contributed by atoms with van der Waals surface area (Å²) in [6, 6.07) is 8.27. The van der Waals surface area contributed by atoms with Crippen LogP contribution in [0, 0.1) is 10.1 Å². The number of carbonyl (C=O) groups is 2. The Bertz CT molecular complexity index is 1210. The Balaban J connectivity index is 2.01. The molecule has 3 rings (SSSR count). The number of nitro benzene ring substituents is 1. The molecule has 0 unspecified atom stereocenters. The zero-order valence-electron chi connectivity index (χ0n) is 19.6. The fourth-order valence-corrected chi connectivity index (χ4v) is 3.29. The van der Waals surface area contributed by atoms with Crippen molar-refractivity contribution in [3.8, 4) is 17.0 Å². The Hall–Kier alpha value is -4.52. The number of anilines is 1. The van der Waals surface area contributed by atoms with Crippen molar-refractivity contribution >= 4 is 23.5 Å². The average Bonchev–Trinajstić information content (AvgIpc) is 3.16. The van der Waals surface area contributed by atoms with Crippen molar-refractivity contribution in [2.24, 2.45) is 0 Å². The van der Waals surface area contributed by atoms with Crippen molar-refractivity contribution in [2.45, 2.75) is 13.5 Å². The van der Waals surface area contributed by atoms with E-state index in [1.165, 1.54) is 36.1 Å². The van der Waals surface area contributed by atoms with Gasteiger partial charge >= 0.3 is 12.0 Å². The van der Waals surface area contributed by atoms with Crippen LogP contribution >= 0.6 is 0 Å². The van der Waals surface area contributed by atoms with Gasteiger partial charge in [-0.25, -0.2) is 15.0 Å². The zero-order valence-corrected chi connectivity index (χ0v) is 19.6. The maximum absolute atomic E-state index is 12.9. The molecule has 0 aliphatic carbocycles. The third kappa shape index (κ3) is 6.09. The molecular weight excluding hydrogens is 458 g/mol. The molecule has 0 spiro atoms. The molecular formula is C22H25N7O6. The highest BCUT2D eigenvalue weighted by Crippen LogP contribution is 2.31. The number of amides is 2. The van der Waals surface area contributed by atoms with Crippen LogP contribution in [0.15, 0.2) is 42.6 Å². The lowest BCUT2D eigenvalue weighted by atomic mass is 10.0. The van der Waals surface area contributed by atoms with E-state index in [1.807, 2.05) is 19.0 Å². The lowest BCUT2D eigenvalue weighted by molar-refractivity contribution is -0.384. The fraction of sp³-hybridized carbons (Fsp3) is 0.273. The minimum Gasteiger partial charge on any atom is -0.480 e. The van der Waals surface area contributed by atoms with Crippen molar-refractivity contribution in [3.63, 3.8) is 0 Å². The minimum atomic E-state index is -0.684. The van der Waals surface area contributed by atoms with Crippen molar-refractivity contribution < 1.29 is 24.0 Å². The van der Waals surface area contributed by atoms with Crippen LogP contribution in [0.3, 0.4) is 0 Å². The molecule has 2 aromatic heterocycles. The summed E-state index contributed by atoms with van der Waals surface area (Å²) in [4.78, 5) is 38.0. The molecule has 3 aromatic rings. The number of esters is 1. The largest absolute Gasteiger partial charge is 0.480 e. The second-order valence-electron chi connectivity index (χ2n) is 7.53. The van der Waals surface area contributed by atoms with Gasteiger partial charge in [0.15, 0.2) is 11.5 Å². The Kier molecular flexibility index (Phi) is 7.94. The van der Waals surface area contributed by atoms with Crippen LogP contribution in [0.2, 0.25) is 0 Å². The normalized spacial score (nSPS) is 10.7. The molecule has 184 valence electrons. The molecule has 0 aliphatic rings. The molecule has 13 heteroatoms. The molecule has 0 atom stereocenters. The molecule has 0 bridgehead atoms. The van der Waals surface area contributed by atoms with E-state index in [9.17, 15) is 19.7 Å². The highest BCUT2D eigenvalue weighted by atomic mass is 16.6. The van der Waals surface area contributed by atoms with Crippen molar-refractivity contribution in [3.05, 3.63) is 64.0 Å². The van der Waals surface area contributed by atoms with Gasteiger partial charge in [0.1, 0.15) is 0 Å². The molecule has 1 aromatic carbocycles. The van der Waals surface area contributed by atoms with Crippen LogP contribution in [-0.2, 0) is 11.3 Å². The van der Waals surface area contributed by atoms with Crippen LogP contribution in [0.4, 0.5) is 16.3 Å². The van der Waals surface area contributed by atoms with Gasteiger partial charge in [-0.15, -0.1) is 10.2 Å². The summed E-state index contributed by atoms with van der Waals surface area (Å²) in [6.07, 6.45) is 1.56. The molecule has 2 heterocycles. The average molecular weight is 483 g/mol. The number of ether oxygens (including phenoxy) is 2. The molecule has 0 fully saturated rings. The summed E-state index contributed by atoms with van der Waals surface area (Å²) in [5.41, 5.74) is 4.45. The van der Waals surface area contributed by atoms with E-state index < -0.39 is 16.9 Å². The number of rotatable bonds is 9. The number of nitrogens with one attached hydrogen (secondary N) is 2. The summed E-state index contributed by atoms with van der Waals surface area (Å²) in [5.74, 6) is -0.189. The van der Waals surface area contributed by atoms with E-state index in [4.69, 9.17) is 9.47 Å². The Morgan fingerprint density at radius 3 is 2.40 bits per heavy atom. The van der Waals surface area contributed by atoms with E-state index in [-0.39, 0.29) is 29.7 Å². The van der Waals surface area contributed by atoms with Gasteiger partial charge in [-0.05, 0) is 44.8 Å². The quantitative estimate of drug-likeness (QED) is 0.266. The number of hydrogen-bond acceptors (Lipinski definition) is 9. The Morgan fingerprint density at radius 2 is 1.86 bits per heavy atom. The van der Waals surface area contributed by atoms with Crippen LogP contribution in [0.25, 0.3) is 11.1 Å². The summed E-state index contributed by atoms with van der Waals surface area (Å²) in [7, 11) is 5.10. The first-order chi connectivity index (χ1) is 16.7. The first-order valence-corrected chi connectivity index (χ1v) is 10.5. The maximum Gasteiger partial charge on any atom is 0.357 e. The Morgan fingerprint density at radius 1 is 1.14 bits per heavy atom. The first-order valence-electron chi connectivity index (χ1n) is 10.5. The SMILES string of the molecule is CCOC(=O)c1c(CN(C)C)c(-c2ccc([N+](=O)[O-])cc2)cn1NC(=O)Nc1ccc(OC)nn1. The number of urea groups is 1. The fourth-order valence-electron chi connectivity index (χ4n) is 3.29. The third-order valence-corrected chi connectivity index (χ3v) is 4.76. The zero-order chi connectivity index (χ0) is 25.5. The second kappa shape index (κ2) is 11.1. The predicted octanol–water partition coefficient (Wildman–Crippen LogP) is 2.88. The third-order valence-electron chi connectivity index (χ3n) is 4.76. The molecule has 2 N–H and O–H groups in total. The van der Waals surface area contributed by atoms with Crippen LogP contribution in [0.1, 0.15) is 23.0 Å². The monoisotopic (exact) mass is 483 g/mol. The van der Waals surface area contributed by atoms with E-state index in [2.05, 4.69) is 20.9 Å². The number of non-ortho nitro benzene ring substituents is 1. The van der Waals surface area contributed by atoms with Gasteiger partial charge < -0.3 is 14.4 Å². The number of nitrogens with zero attached hydrogens (tertiary/aromatic N) is 5. The smallest absolute Gasteiger partial charge is 0.357 e. The topological polar surface area (TPSA) is 154 Å². The van der Waals surface area contributed by atoms with Crippen molar-refractivity contribution in [2.75, 3.05) is 38.6 Å². The lowest BCUT2D eigenvalue weighted by Crippen LogP contribution is -2.31. The number of hydrogen-bond donors (Lipinski definition) is 2. The van der Waals surface area contributed by atoms with Gasteiger partial charge in [0.25, 0.3) is 5.69 Å². The molecule has 0 radical (unpaired) electrons. The molecule has 0 saturated heterocycles. The standard InChI is InChI=1S/C22H25N7O6/c1-5-35-21(30)20-17(12-27(2)3)16(14-6-8-15(9-7-14)29(32)33)13-28(20)26-22(31)23-18-10-11-19(34-4)25-24-18/h6-11,13H,5,12H2,1-4H3,(H2,23,24,26,31). The van der Waals surface area contributed by atoms with Crippen molar-refractivity contribution in [1.29, 1.82) is 0 Å². The number of methoxy groups -OCH3 is 1. The lowest BCUT2D eigenvalue weighted by Gasteiger charge is -2.15. The summed E-state index contributed by atoms with van der Waals surface area (Å²) >= 11 is 0. The highest BCUT2D eigenvalue weighted by Gasteiger charge is 2.25. The van der Waals surface area contributed by atoms with Crippen LogP contribution in [-0.4, -0.2) is 64.5 Å². The van der Waals surface area contributed by atoms with Crippen molar-refractivity contribution in [1.82, 2.24) is 19.8 Å². The summed E-state index contributed by atoms with van der Waals surface area (Å²) in [5, 5.41) is 21.2. The van der Waals surface area contributed by atoms with E-state index >= 15 is 0 Å². The van der Waals surface area contributed by atoms with E-state index in [0.717, 1.165) is 0 Å². The van der Waals surface area contributed by atoms with Crippen LogP contribution < -0.4 is 15.5 Å². The summed E-state index contributed by atoms with van der Waals surface area (Å²) in [6.45, 7) is 2.14. The van der Waals surface area contributed by atoms with Crippen LogP contribution in [0.5, 0.6) is 5.88 Å². The van der Waals surface area contributed by atoms with Gasteiger partial charge in [-0.1, -0.05) is 0 Å². The number of carbonyl (C=O) groups excluding carboxylic acids is 2. The van der Waals surface area contributed by atoms with Gasteiger partial charge in [0.2, 0.25) is 5.88 Å². The molecule has 0 aliphatic heterocycles. The predicted molar refractivity (Wildman–Crippen MR) is 127 cm³/mol. The van der Waals surface area contributed by atoms with E-state index in [1.54, 1.807) is 25.3 Å². The van der Waals surface area contributed by atoms with Gasteiger partial charge in [0, 0.05) is 42.1 Å². The number of nitro groups is 1. The summed E-state index contributed by atoms with van der Waals surface area (Å²) < 4.78 is 11.5. The van der Waals surface area contributed by atoms with Gasteiger partial charge in [0.05, 0.1) is 18.6 Å². The number of aromatic nitrogens is 3. The molecule has 13 nitrogen and oxygen atoms in total. The van der Waals surface area contributed by atoms with E-state index in [0.29, 0.717) is 23.2 Å². The first kappa shape index (κ1) is 25.1.